The van der Waals surface area contributed by atoms with Crippen molar-refractivity contribution in [3.63, 3.8) is 0 Å². The molecule has 0 spiro atoms. The summed E-state index contributed by atoms with van der Waals surface area (Å²) in [7, 11) is 0. The molecule has 1 aromatic heterocycles. The van der Waals surface area contributed by atoms with Gasteiger partial charge in [0.1, 0.15) is 10.7 Å². The first-order chi connectivity index (χ1) is 9.89. The maximum Gasteiger partial charge on any atom is 0.266 e. The molecule has 2 N–H and O–H groups in total. The van der Waals surface area contributed by atoms with E-state index in [2.05, 4.69) is 13.8 Å². The highest BCUT2D eigenvalue weighted by Gasteiger charge is 2.30. The summed E-state index contributed by atoms with van der Waals surface area (Å²) in [5, 5.41) is 0.378. The van der Waals surface area contributed by atoms with Crippen molar-refractivity contribution >= 4 is 33.0 Å². The largest absolute Gasteiger partial charge is 0.397 e. The number of nitrogens with two attached hydrogens (primary N) is 1. The number of carbonyl (C=O) groups is 1. The quantitative estimate of drug-likeness (QED) is 0.869. The number of hydrogen-bond acceptors (Lipinski definition) is 3. The van der Waals surface area contributed by atoms with Crippen LogP contribution in [0.2, 0.25) is 0 Å². The molecule has 1 aliphatic rings. The molecule has 0 atom stereocenters. The van der Waals surface area contributed by atoms with E-state index in [4.69, 9.17) is 5.73 Å². The van der Waals surface area contributed by atoms with Crippen molar-refractivity contribution in [2.75, 3.05) is 18.8 Å². The minimum Gasteiger partial charge on any atom is -0.397 e. The number of nitrogen functional groups attached to an aromatic ring is 1. The summed E-state index contributed by atoms with van der Waals surface area (Å²) in [5.41, 5.74) is 6.59. The summed E-state index contributed by atoms with van der Waals surface area (Å²) in [6, 6.07) is 4.82. The number of likely N-dealkylation sites (tertiary alicyclic amines) is 1. The van der Waals surface area contributed by atoms with Gasteiger partial charge < -0.3 is 10.6 Å². The molecule has 0 bridgehead atoms. The average Bonchev–Trinajstić information content (AvgIpc) is 2.77. The average molecular weight is 306 g/mol. The fraction of sp³-hybridized carbons (Fsp3) is 0.438. The number of rotatable bonds is 1. The van der Waals surface area contributed by atoms with Crippen molar-refractivity contribution in [3.8, 4) is 0 Å². The lowest BCUT2D eigenvalue weighted by Gasteiger charge is -2.36. The highest BCUT2D eigenvalue weighted by Crippen LogP contribution is 2.37. The molecule has 0 unspecified atom stereocenters. The van der Waals surface area contributed by atoms with Crippen LogP contribution in [0.15, 0.2) is 18.2 Å². The van der Waals surface area contributed by atoms with Gasteiger partial charge >= 0.3 is 0 Å². The molecule has 0 saturated carbocycles. The number of fused-ring (bicyclic) bond motifs is 1. The Bertz CT molecular complexity index is 698. The van der Waals surface area contributed by atoms with Crippen LogP contribution in [0.3, 0.4) is 0 Å². The normalized spacial score (nSPS) is 18.1. The summed E-state index contributed by atoms with van der Waals surface area (Å²) < 4.78 is 14.6. The fourth-order valence-corrected chi connectivity index (χ4v) is 3.85. The van der Waals surface area contributed by atoms with Gasteiger partial charge in [-0.2, -0.15) is 0 Å². The molecular formula is C16H19FN2OS. The number of thiophene rings is 1. The van der Waals surface area contributed by atoms with Crippen LogP contribution in [0.1, 0.15) is 36.4 Å². The Kier molecular flexibility index (Phi) is 3.40. The molecule has 0 radical (unpaired) electrons. The standard InChI is InChI=1S/C16H19FN2OS/c1-16(2)6-8-19(9-7-16)15(20)14-13(18)12-10(17)4-3-5-11(12)21-14/h3-5H,6-9,18H2,1-2H3. The van der Waals surface area contributed by atoms with E-state index in [1.54, 1.807) is 12.1 Å². The summed E-state index contributed by atoms with van der Waals surface area (Å²) in [6.07, 6.45) is 1.97. The monoisotopic (exact) mass is 306 g/mol. The lowest BCUT2D eigenvalue weighted by atomic mass is 9.82. The predicted molar refractivity (Wildman–Crippen MR) is 85.1 cm³/mol. The SMILES string of the molecule is CC1(C)CCN(C(=O)c2sc3cccc(F)c3c2N)CC1. The topological polar surface area (TPSA) is 46.3 Å². The maximum atomic E-state index is 13.9. The second-order valence-corrected chi connectivity index (χ2v) is 7.47. The summed E-state index contributed by atoms with van der Waals surface area (Å²) in [5.74, 6) is -0.427. The number of halogens is 1. The molecule has 0 aliphatic carbocycles. The molecule has 1 amide bonds. The smallest absolute Gasteiger partial charge is 0.266 e. The molecule has 3 rings (SSSR count). The van der Waals surface area contributed by atoms with Crippen LogP contribution in [0.4, 0.5) is 10.1 Å². The van der Waals surface area contributed by atoms with Crippen molar-refractivity contribution in [2.45, 2.75) is 26.7 Å². The predicted octanol–water partition coefficient (Wildman–Crippen LogP) is 3.88. The molecule has 3 nitrogen and oxygen atoms in total. The second kappa shape index (κ2) is 4.98. The highest BCUT2D eigenvalue weighted by atomic mass is 32.1. The van der Waals surface area contributed by atoms with Crippen LogP contribution in [-0.2, 0) is 0 Å². The van der Waals surface area contributed by atoms with Crippen molar-refractivity contribution in [2.24, 2.45) is 5.41 Å². The van der Waals surface area contributed by atoms with E-state index in [0.717, 1.165) is 30.6 Å². The van der Waals surface area contributed by atoms with E-state index in [0.29, 0.717) is 10.3 Å². The van der Waals surface area contributed by atoms with Gasteiger partial charge in [-0.25, -0.2) is 4.39 Å². The van der Waals surface area contributed by atoms with E-state index >= 15 is 0 Å². The van der Waals surface area contributed by atoms with E-state index in [-0.39, 0.29) is 22.8 Å². The van der Waals surface area contributed by atoms with Crippen LogP contribution in [0, 0.1) is 11.2 Å². The molecular weight excluding hydrogens is 287 g/mol. The van der Waals surface area contributed by atoms with E-state index in [1.165, 1.54) is 17.4 Å². The van der Waals surface area contributed by atoms with Crippen LogP contribution in [0.5, 0.6) is 0 Å². The van der Waals surface area contributed by atoms with Gasteiger partial charge in [0.25, 0.3) is 5.91 Å². The van der Waals surface area contributed by atoms with Crippen LogP contribution >= 0.6 is 11.3 Å². The minimum atomic E-state index is -0.361. The molecule has 21 heavy (non-hydrogen) atoms. The Labute approximate surface area is 127 Å². The number of nitrogens with zero attached hydrogens (tertiary/aromatic N) is 1. The van der Waals surface area contributed by atoms with Gasteiger partial charge in [0.2, 0.25) is 0 Å². The van der Waals surface area contributed by atoms with E-state index in [9.17, 15) is 9.18 Å². The van der Waals surface area contributed by atoms with Gasteiger partial charge in [0, 0.05) is 17.8 Å². The fourth-order valence-electron chi connectivity index (χ4n) is 2.75. The van der Waals surface area contributed by atoms with E-state index in [1.807, 2.05) is 4.90 Å². The number of benzene rings is 1. The van der Waals surface area contributed by atoms with Gasteiger partial charge in [-0.15, -0.1) is 11.3 Å². The van der Waals surface area contributed by atoms with Gasteiger partial charge in [0.05, 0.1) is 11.1 Å². The first kappa shape index (κ1) is 14.3. The van der Waals surface area contributed by atoms with Crippen molar-refractivity contribution in [1.29, 1.82) is 0 Å². The first-order valence-corrected chi connectivity index (χ1v) is 7.96. The third-order valence-electron chi connectivity index (χ3n) is 4.30. The number of anilines is 1. The van der Waals surface area contributed by atoms with Crippen molar-refractivity contribution < 1.29 is 9.18 Å². The lowest BCUT2D eigenvalue weighted by Crippen LogP contribution is -2.41. The number of hydrogen-bond donors (Lipinski definition) is 1. The van der Waals surface area contributed by atoms with Gasteiger partial charge in [-0.1, -0.05) is 19.9 Å². The minimum absolute atomic E-state index is 0.0661. The van der Waals surface area contributed by atoms with Crippen LogP contribution in [0.25, 0.3) is 10.1 Å². The Morgan fingerprint density at radius 3 is 2.62 bits per heavy atom. The summed E-state index contributed by atoms with van der Waals surface area (Å²) >= 11 is 1.28. The number of carbonyl (C=O) groups excluding carboxylic acids is 1. The zero-order valence-electron chi connectivity index (χ0n) is 12.3. The lowest BCUT2D eigenvalue weighted by molar-refractivity contribution is 0.0636. The molecule has 1 aromatic carbocycles. The van der Waals surface area contributed by atoms with Crippen molar-refractivity contribution in [1.82, 2.24) is 4.90 Å². The van der Waals surface area contributed by atoms with Crippen molar-refractivity contribution in [3.05, 3.63) is 28.9 Å². The summed E-state index contributed by atoms with van der Waals surface area (Å²) in [6.45, 7) is 5.92. The Morgan fingerprint density at radius 2 is 2.00 bits per heavy atom. The zero-order valence-corrected chi connectivity index (χ0v) is 13.1. The molecule has 1 fully saturated rings. The number of amides is 1. The molecule has 2 heterocycles. The van der Waals surface area contributed by atoms with Gasteiger partial charge in [-0.05, 0) is 30.4 Å². The van der Waals surface area contributed by atoms with Crippen LogP contribution < -0.4 is 5.73 Å². The molecule has 112 valence electrons. The molecule has 2 aromatic rings. The molecule has 5 heteroatoms. The third kappa shape index (κ3) is 2.50. The Balaban J connectivity index is 1.92. The van der Waals surface area contributed by atoms with Gasteiger partial charge in [0.15, 0.2) is 0 Å². The molecule has 1 aliphatic heterocycles. The first-order valence-electron chi connectivity index (χ1n) is 7.15. The van der Waals surface area contributed by atoms with Gasteiger partial charge in [-0.3, -0.25) is 4.79 Å². The maximum absolute atomic E-state index is 13.9. The second-order valence-electron chi connectivity index (χ2n) is 6.41. The zero-order chi connectivity index (χ0) is 15.2. The third-order valence-corrected chi connectivity index (χ3v) is 5.46. The Morgan fingerprint density at radius 1 is 1.33 bits per heavy atom. The van der Waals surface area contributed by atoms with Crippen LogP contribution in [-0.4, -0.2) is 23.9 Å². The highest BCUT2D eigenvalue weighted by molar-refractivity contribution is 7.21. The number of piperidine rings is 1. The van der Waals surface area contributed by atoms with E-state index < -0.39 is 0 Å². The summed E-state index contributed by atoms with van der Waals surface area (Å²) in [4.78, 5) is 15.0. The Hall–Kier alpha value is -1.62. The molecule has 1 saturated heterocycles.